The first-order chi connectivity index (χ1) is 17.6. The highest BCUT2D eigenvalue weighted by Gasteiger charge is 2.47. The van der Waals surface area contributed by atoms with Gasteiger partial charge in [-0.25, -0.2) is 17.8 Å². The summed E-state index contributed by atoms with van der Waals surface area (Å²) in [6.07, 6.45) is 1.83. The minimum absolute atomic E-state index is 0.00815. The molecule has 0 radical (unpaired) electrons. The Balaban J connectivity index is 1.54. The van der Waals surface area contributed by atoms with Gasteiger partial charge in [-0.05, 0) is 61.4 Å². The maximum absolute atomic E-state index is 13.3. The highest BCUT2D eigenvalue weighted by Crippen LogP contribution is 2.44. The van der Waals surface area contributed by atoms with Crippen molar-refractivity contribution < 1.29 is 27.8 Å². The number of aromatic nitrogens is 2. The maximum atomic E-state index is 13.3. The number of carbonyl (C=O) groups excluding carboxylic acids is 1. The van der Waals surface area contributed by atoms with Crippen LogP contribution in [0.2, 0.25) is 0 Å². The number of hydrogen-bond acceptors (Lipinski definition) is 7. The zero-order valence-electron chi connectivity index (χ0n) is 19.6. The van der Waals surface area contributed by atoms with E-state index in [2.05, 4.69) is 15.0 Å². The molecule has 10 nitrogen and oxygen atoms in total. The quantitative estimate of drug-likeness (QED) is 0.383. The summed E-state index contributed by atoms with van der Waals surface area (Å²) in [4.78, 5) is 30.2. The summed E-state index contributed by atoms with van der Waals surface area (Å²) in [5, 5.41) is 23.3. The number of fused-ring (bicyclic) bond motifs is 2. The van der Waals surface area contributed by atoms with Crippen LogP contribution in [0.4, 0.5) is 4.39 Å². The minimum Gasteiger partial charge on any atom is -0.507 e. The molecule has 0 saturated heterocycles. The fraction of sp³-hybridized carbons (Fsp3) is 0.320. The van der Waals surface area contributed by atoms with Gasteiger partial charge < -0.3 is 15.5 Å². The lowest BCUT2D eigenvalue weighted by Gasteiger charge is -2.36. The second-order valence-corrected chi connectivity index (χ2v) is 11.1. The molecule has 194 valence electrons. The van der Waals surface area contributed by atoms with Crippen LogP contribution >= 0.6 is 0 Å². The Morgan fingerprint density at radius 1 is 1.11 bits per heavy atom. The van der Waals surface area contributed by atoms with E-state index in [0.717, 1.165) is 0 Å². The van der Waals surface area contributed by atoms with Crippen LogP contribution in [0.25, 0.3) is 0 Å². The number of amides is 1. The standard InChI is InChI=1S/C25H25FN4O6S/c26-17-7-5-15(6-8-17)13-27-22(33)20-21(32)23(34)30-14-16-9-11-25(12-10-16,24(30)28-20)29-37(35,36)19-4-2-1-3-18(19)31/h1-8,16,29,31-32H,9-14H2,(H,27,33). The second-order valence-electron chi connectivity index (χ2n) is 9.46. The average molecular weight is 529 g/mol. The van der Waals surface area contributed by atoms with E-state index in [9.17, 15) is 32.6 Å². The smallest absolute Gasteiger partial charge is 0.296 e. The van der Waals surface area contributed by atoms with Crippen molar-refractivity contribution in [3.63, 3.8) is 0 Å². The van der Waals surface area contributed by atoms with Crippen LogP contribution in [0, 0.1) is 11.7 Å². The zero-order valence-corrected chi connectivity index (χ0v) is 20.5. The van der Waals surface area contributed by atoms with E-state index >= 15 is 0 Å². The van der Waals surface area contributed by atoms with E-state index in [1.165, 1.54) is 53.1 Å². The monoisotopic (exact) mass is 528 g/mol. The molecule has 1 saturated carbocycles. The number of rotatable bonds is 6. The van der Waals surface area contributed by atoms with E-state index in [4.69, 9.17) is 0 Å². The fourth-order valence-corrected chi connectivity index (χ4v) is 6.61. The lowest BCUT2D eigenvalue weighted by Crippen LogP contribution is -2.49. The Labute approximate surface area is 211 Å². The van der Waals surface area contributed by atoms with E-state index in [1.807, 2.05) is 0 Å². The second kappa shape index (κ2) is 9.27. The SMILES string of the molecule is O=C(NCc1ccc(F)cc1)c1nc2n(c(=O)c1O)CC1CCC2(NS(=O)(=O)c2ccccc2O)CC1. The number of sulfonamides is 1. The Kier molecular flexibility index (Phi) is 6.24. The van der Waals surface area contributed by atoms with Gasteiger partial charge in [0.15, 0.2) is 5.69 Å². The van der Waals surface area contributed by atoms with Crippen molar-refractivity contribution in [2.24, 2.45) is 5.92 Å². The van der Waals surface area contributed by atoms with Crippen LogP contribution in [-0.4, -0.2) is 34.1 Å². The van der Waals surface area contributed by atoms with Crippen molar-refractivity contribution in [3.05, 3.63) is 81.8 Å². The molecule has 6 rings (SSSR count). The predicted octanol–water partition coefficient (Wildman–Crippen LogP) is 2.10. The molecule has 4 N–H and O–H groups in total. The molecule has 1 amide bonds. The van der Waals surface area contributed by atoms with Gasteiger partial charge in [-0.15, -0.1) is 0 Å². The molecular weight excluding hydrogens is 503 g/mol. The molecule has 12 heteroatoms. The Hall–Kier alpha value is -3.77. The molecule has 2 bridgehead atoms. The normalized spacial score (nSPS) is 20.7. The number of nitrogens with one attached hydrogen (secondary N) is 2. The summed E-state index contributed by atoms with van der Waals surface area (Å²) in [6, 6.07) is 10.9. The third-order valence-corrected chi connectivity index (χ3v) is 8.62. The number of phenolic OH excluding ortho intramolecular Hbond substituents is 1. The van der Waals surface area contributed by atoms with Gasteiger partial charge in [0.1, 0.15) is 22.3 Å². The third kappa shape index (κ3) is 4.58. The van der Waals surface area contributed by atoms with Crippen LogP contribution in [0.3, 0.4) is 0 Å². The fourth-order valence-electron chi connectivity index (χ4n) is 5.08. The molecule has 3 heterocycles. The van der Waals surface area contributed by atoms with E-state index in [0.29, 0.717) is 31.2 Å². The Bertz CT molecular complexity index is 1530. The molecule has 3 aromatic rings. The number of benzene rings is 2. The van der Waals surface area contributed by atoms with Crippen LogP contribution in [0.15, 0.2) is 58.2 Å². The van der Waals surface area contributed by atoms with Crippen molar-refractivity contribution in [3.8, 4) is 11.5 Å². The zero-order chi connectivity index (χ0) is 26.4. The van der Waals surface area contributed by atoms with Crippen molar-refractivity contribution in [2.75, 3.05) is 0 Å². The van der Waals surface area contributed by atoms with Gasteiger partial charge in [0.2, 0.25) is 15.8 Å². The van der Waals surface area contributed by atoms with Crippen molar-refractivity contribution in [1.29, 1.82) is 0 Å². The predicted molar refractivity (Wildman–Crippen MR) is 130 cm³/mol. The maximum Gasteiger partial charge on any atom is 0.296 e. The van der Waals surface area contributed by atoms with Crippen molar-refractivity contribution in [2.45, 2.75) is 49.2 Å². The molecule has 1 fully saturated rings. The summed E-state index contributed by atoms with van der Waals surface area (Å²) >= 11 is 0. The number of nitrogens with zero attached hydrogens (tertiary/aromatic N) is 2. The highest BCUT2D eigenvalue weighted by atomic mass is 32.2. The summed E-state index contributed by atoms with van der Waals surface area (Å²) in [5.74, 6) is -2.41. The number of aromatic hydroxyl groups is 2. The number of hydrogen-bond donors (Lipinski definition) is 4. The topological polar surface area (TPSA) is 151 Å². The largest absolute Gasteiger partial charge is 0.507 e. The lowest BCUT2D eigenvalue weighted by atomic mass is 9.78. The van der Waals surface area contributed by atoms with Gasteiger partial charge in [-0.1, -0.05) is 24.3 Å². The number of carbonyl (C=O) groups is 1. The summed E-state index contributed by atoms with van der Waals surface area (Å²) in [5.41, 5.74) is -2.10. The van der Waals surface area contributed by atoms with Crippen molar-refractivity contribution >= 4 is 15.9 Å². The lowest BCUT2D eigenvalue weighted by molar-refractivity contribution is 0.0941. The first kappa shape index (κ1) is 24.9. The van der Waals surface area contributed by atoms with Gasteiger partial charge in [0, 0.05) is 13.1 Å². The average Bonchev–Trinajstić information content (AvgIpc) is 3.11. The molecule has 0 spiro atoms. The molecule has 0 atom stereocenters. The van der Waals surface area contributed by atoms with Gasteiger partial charge in [-0.2, -0.15) is 4.72 Å². The van der Waals surface area contributed by atoms with Gasteiger partial charge in [-0.3, -0.25) is 14.2 Å². The first-order valence-electron chi connectivity index (χ1n) is 11.8. The van der Waals surface area contributed by atoms with E-state index in [1.54, 1.807) is 0 Å². The summed E-state index contributed by atoms with van der Waals surface area (Å²) in [6.45, 7) is 0.220. The number of phenols is 1. The van der Waals surface area contributed by atoms with Gasteiger partial charge in [0.05, 0.1) is 5.54 Å². The van der Waals surface area contributed by atoms with Crippen LogP contribution < -0.4 is 15.6 Å². The van der Waals surface area contributed by atoms with E-state index in [-0.39, 0.29) is 29.7 Å². The molecule has 2 aromatic carbocycles. The molecule has 1 aliphatic carbocycles. The van der Waals surface area contributed by atoms with Gasteiger partial charge in [0.25, 0.3) is 11.5 Å². The Morgan fingerprint density at radius 2 is 1.78 bits per heavy atom. The molecule has 3 aliphatic rings. The van der Waals surface area contributed by atoms with Crippen LogP contribution in [-0.2, 0) is 28.7 Å². The van der Waals surface area contributed by atoms with Crippen LogP contribution in [0.1, 0.15) is 47.6 Å². The number of halogens is 1. The molecule has 0 unspecified atom stereocenters. The summed E-state index contributed by atoms with van der Waals surface area (Å²) in [7, 11) is -4.25. The summed E-state index contributed by atoms with van der Waals surface area (Å²) < 4.78 is 43.7. The van der Waals surface area contributed by atoms with Crippen molar-refractivity contribution in [1.82, 2.24) is 19.6 Å². The Morgan fingerprint density at radius 3 is 2.46 bits per heavy atom. The molecule has 1 aromatic heterocycles. The van der Waals surface area contributed by atoms with Gasteiger partial charge >= 0.3 is 0 Å². The minimum atomic E-state index is -4.25. The highest BCUT2D eigenvalue weighted by molar-refractivity contribution is 7.89. The van der Waals surface area contributed by atoms with Crippen LogP contribution in [0.5, 0.6) is 11.5 Å². The molecule has 2 aliphatic heterocycles. The first-order valence-corrected chi connectivity index (χ1v) is 13.3. The molecule has 37 heavy (non-hydrogen) atoms. The molecular formula is C25H25FN4O6S. The van der Waals surface area contributed by atoms with E-state index < -0.39 is 50.0 Å². The third-order valence-electron chi connectivity index (χ3n) is 7.04. The number of para-hydroxylation sites is 1.